The van der Waals surface area contributed by atoms with E-state index in [4.69, 9.17) is 24.7 Å². The largest absolute Gasteiger partial charge is 0.508 e. The lowest BCUT2D eigenvalue weighted by Gasteiger charge is -2.41. The van der Waals surface area contributed by atoms with Gasteiger partial charge in [0.05, 0.1) is 36.0 Å². The molecule has 1 saturated heterocycles. The lowest BCUT2D eigenvalue weighted by molar-refractivity contribution is -0.142. The molecule has 0 aliphatic carbocycles. The fraction of sp³-hybridized carbons (Fsp3) is 0.583. The van der Waals surface area contributed by atoms with E-state index in [0.717, 1.165) is 68.3 Å². The van der Waals surface area contributed by atoms with Gasteiger partial charge in [-0.1, -0.05) is 12.1 Å². The highest BCUT2D eigenvalue weighted by atomic mass is 19.1. The number of nitrogens with zero attached hydrogens (tertiary/aromatic N) is 4. The van der Waals surface area contributed by atoms with Crippen LogP contribution in [0, 0.1) is 12.7 Å². The van der Waals surface area contributed by atoms with Gasteiger partial charge in [0.2, 0.25) is 0 Å². The van der Waals surface area contributed by atoms with Crippen LogP contribution in [-0.2, 0) is 27.1 Å². The minimum absolute atomic E-state index is 0.0846. The lowest BCUT2D eigenvalue weighted by Crippen LogP contribution is -2.45. The van der Waals surface area contributed by atoms with Gasteiger partial charge in [-0.2, -0.15) is 9.61 Å². The van der Waals surface area contributed by atoms with Crippen molar-refractivity contribution in [2.45, 2.75) is 111 Å². The first-order chi connectivity index (χ1) is 22.1. The molecule has 1 aliphatic rings. The number of rotatable bonds is 13. The average molecular weight is 657 g/mol. The molecule has 47 heavy (non-hydrogen) atoms. The number of hydrogen-bond donors (Lipinski definition) is 3. The standard InChI is InChI=1S/C32H43FN4O5.C4H10O/c1-5-41-30(40)21-27-23(3)34-29-20-26(11-8-10-24-12-13-25(33)19-28(24)39)35-37(29)31(27)36-16-14-32(4,15-17-36)42-18-7-6-9-22(2)38;1-4(2,3)5/h8,11-13,19-20,22,38-39H,5-7,9-10,14-18,21H2,1-4H3;5H,1-3H3/b11-8+;. The summed E-state index contributed by atoms with van der Waals surface area (Å²) in [5.74, 6) is -0.0405. The number of anilines is 1. The number of aliphatic hydroxyl groups excluding tert-OH is 1. The Labute approximate surface area is 278 Å². The highest BCUT2D eigenvalue weighted by molar-refractivity contribution is 5.76. The second kappa shape index (κ2) is 17.0. The van der Waals surface area contributed by atoms with Crippen LogP contribution in [0.2, 0.25) is 0 Å². The maximum atomic E-state index is 13.3. The lowest BCUT2D eigenvalue weighted by atomic mass is 9.92. The van der Waals surface area contributed by atoms with Crippen LogP contribution < -0.4 is 4.90 Å². The number of fused-ring (bicyclic) bond motifs is 1. The molecule has 4 rings (SSSR count). The Morgan fingerprint density at radius 1 is 1.19 bits per heavy atom. The number of phenols is 1. The maximum absolute atomic E-state index is 13.3. The number of hydrogen-bond acceptors (Lipinski definition) is 9. The van der Waals surface area contributed by atoms with Crippen molar-refractivity contribution in [3.63, 3.8) is 0 Å². The van der Waals surface area contributed by atoms with Gasteiger partial charge in [0, 0.05) is 43.1 Å². The van der Waals surface area contributed by atoms with E-state index in [2.05, 4.69) is 11.8 Å². The van der Waals surface area contributed by atoms with E-state index in [0.29, 0.717) is 36.5 Å². The van der Waals surface area contributed by atoms with Gasteiger partial charge < -0.3 is 29.7 Å². The molecule has 260 valence electrons. The molecule has 1 fully saturated rings. The molecule has 2 aromatic heterocycles. The van der Waals surface area contributed by atoms with Gasteiger partial charge in [0.15, 0.2) is 5.65 Å². The summed E-state index contributed by atoms with van der Waals surface area (Å²) in [4.78, 5) is 19.6. The third-order valence-corrected chi connectivity index (χ3v) is 7.79. The first-order valence-electron chi connectivity index (χ1n) is 16.6. The van der Waals surface area contributed by atoms with E-state index in [1.165, 1.54) is 6.07 Å². The monoisotopic (exact) mass is 656 g/mol. The number of aromatic nitrogens is 3. The van der Waals surface area contributed by atoms with Crippen molar-refractivity contribution in [3.8, 4) is 5.75 Å². The zero-order chi connectivity index (χ0) is 34.8. The molecule has 1 aliphatic heterocycles. The predicted molar refractivity (Wildman–Crippen MR) is 182 cm³/mol. The van der Waals surface area contributed by atoms with Gasteiger partial charge in [-0.15, -0.1) is 0 Å². The summed E-state index contributed by atoms with van der Waals surface area (Å²) in [5, 5.41) is 32.9. The number of phenolic OH excluding ortho intramolecular Hbond substituents is 1. The number of halogens is 1. The van der Waals surface area contributed by atoms with E-state index in [1.807, 2.05) is 32.1 Å². The summed E-state index contributed by atoms with van der Waals surface area (Å²) in [6.07, 6.45) is 8.22. The number of ether oxygens (including phenoxy) is 2. The first kappa shape index (κ1) is 37.9. The molecule has 1 aromatic carbocycles. The minimum atomic E-state index is -0.500. The third kappa shape index (κ3) is 12.2. The zero-order valence-corrected chi connectivity index (χ0v) is 29.1. The fourth-order valence-corrected chi connectivity index (χ4v) is 5.34. The molecule has 10 nitrogen and oxygen atoms in total. The summed E-state index contributed by atoms with van der Waals surface area (Å²) in [7, 11) is 0. The molecule has 0 amide bonds. The smallest absolute Gasteiger partial charge is 0.310 e. The maximum Gasteiger partial charge on any atom is 0.310 e. The molecule has 0 saturated carbocycles. The highest BCUT2D eigenvalue weighted by Gasteiger charge is 2.33. The average Bonchev–Trinajstić information content (AvgIpc) is 3.36. The number of esters is 1. The number of carbonyl (C=O) groups is 1. The van der Waals surface area contributed by atoms with Crippen molar-refractivity contribution in [1.29, 1.82) is 0 Å². The topological polar surface area (TPSA) is 130 Å². The molecule has 1 unspecified atom stereocenters. The number of aromatic hydroxyl groups is 1. The summed E-state index contributed by atoms with van der Waals surface area (Å²) >= 11 is 0. The number of carbonyl (C=O) groups excluding carboxylic acids is 1. The van der Waals surface area contributed by atoms with Crippen LogP contribution in [0.1, 0.15) is 96.2 Å². The number of unbranched alkanes of at least 4 members (excludes halogenated alkanes) is 1. The number of allylic oxidation sites excluding steroid dienone is 1. The minimum Gasteiger partial charge on any atom is -0.508 e. The predicted octanol–water partition coefficient (Wildman–Crippen LogP) is 5.95. The highest BCUT2D eigenvalue weighted by Crippen LogP contribution is 2.33. The molecule has 3 N–H and O–H groups in total. The first-order valence-corrected chi connectivity index (χ1v) is 16.6. The van der Waals surface area contributed by atoms with Crippen molar-refractivity contribution in [3.05, 3.63) is 58.7 Å². The Morgan fingerprint density at radius 3 is 2.49 bits per heavy atom. The van der Waals surface area contributed by atoms with Crippen LogP contribution in [0.4, 0.5) is 10.2 Å². The van der Waals surface area contributed by atoms with Crippen molar-refractivity contribution in [2.24, 2.45) is 0 Å². The van der Waals surface area contributed by atoms with Crippen molar-refractivity contribution in [1.82, 2.24) is 14.6 Å². The van der Waals surface area contributed by atoms with E-state index in [1.54, 1.807) is 38.3 Å². The van der Waals surface area contributed by atoms with Crippen LogP contribution in [0.5, 0.6) is 5.75 Å². The number of piperidine rings is 1. The Morgan fingerprint density at radius 2 is 1.87 bits per heavy atom. The SMILES string of the molecule is CC(C)(C)O.CCOC(=O)Cc1c(C)nc2cc(/C=C/Cc3ccc(F)cc3O)nn2c1N1CCC(C)(OCCCCC(C)O)CC1. The van der Waals surface area contributed by atoms with E-state index in [-0.39, 0.29) is 29.8 Å². The summed E-state index contributed by atoms with van der Waals surface area (Å²) in [6.45, 7) is 15.3. The summed E-state index contributed by atoms with van der Waals surface area (Å²) in [5.41, 5.74) is 2.76. The quantitative estimate of drug-likeness (QED) is 0.151. The molecule has 0 spiro atoms. The number of aryl methyl sites for hydroxylation is 1. The van der Waals surface area contributed by atoms with Gasteiger partial charge in [0.25, 0.3) is 0 Å². The summed E-state index contributed by atoms with van der Waals surface area (Å²) in [6, 6.07) is 5.87. The molecular formula is C36H53FN4O6. The van der Waals surface area contributed by atoms with Gasteiger partial charge in [0.1, 0.15) is 17.4 Å². The Bertz CT molecular complexity index is 1480. The van der Waals surface area contributed by atoms with E-state index < -0.39 is 11.4 Å². The van der Waals surface area contributed by atoms with Crippen LogP contribution in [0.3, 0.4) is 0 Å². The second-order valence-corrected chi connectivity index (χ2v) is 13.5. The Balaban J connectivity index is 0.00000111. The van der Waals surface area contributed by atoms with Crippen LogP contribution in [-0.4, -0.2) is 79.5 Å². The normalized spacial score (nSPS) is 15.5. The van der Waals surface area contributed by atoms with Gasteiger partial charge >= 0.3 is 5.97 Å². The molecule has 0 bridgehead atoms. The molecule has 1 atom stereocenters. The Kier molecular flexibility index (Phi) is 13.7. The number of aliphatic hydroxyl groups is 2. The summed E-state index contributed by atoms with van der Waals surface area (Å²) < 4.78 is 26.7. The Hall–Kier alpha value is -3.54. The fourth-order valence-electron chi connectivity index (χ4n) is 5.34. The van der Waals surface area contributed by atoms with Crippen molar-refractivity contribution in [2.75, 3.05) is 31.2 Å². The molecule has 11 heteroatoms. The van der Waals surface area contributed by atoms with Gasteiger partial charge in [-0.25, -0.2) is 9.37 Å². The third-order valence-electron chi connectivity index (χ3n) is 7.79. The van der Waals surface area contributed by atoms with Gasteiger partial charge in [-0.05, 0) is 105 Å². The molecule has 3 aromatic rings. The zero-order valence-electron chi connectivity index (χ0n) is 29.1. The second-order valence-electron chi connectivity index (χ2n) is 13.5. The molecule has 0 radical (unpaired) electrons. The van der Waals surface area contributed by atoms with E-state index in [9.17, 15) is 19.4 Å². The number of benzene rings is 1. The van der Waals surface area contributed by atoms with Crippen LogP contribution >= 0.6 is 0 Å². The van der Waals surface area contributed by atoms with Crippen LogP contribution in [0.15, 0.2) is 30.3 Å². The van der Waals surface area contributed by atoms with Crippen LogP contribution in [0.25, 0.3) is 11.7 Å². The van der Waals surface area contributed by atoms with Crippen molar-refractivity contribution >= 4 is 23.5 Å². The van der Waals surface area contributed by atoms with Gasteiger partial charge in [-0.3, -0.25) is 4.79 Å². The van der Waals surface area contributed by atoms with E-state index >= 15 is 0 Å². The molecular weight excluding hydrogens is 603 g/mol. The van der Waals surface area contributed by atoms with Crippen molar-refractivity contribution < 1.29 is 34.0 Å². The molecule has 3 heterocycles.